The predicted octanol–water partition coefficient (Wildman–Crippen LogP) is 3.34. The van der Waals surface area contributed by atoms with Gasteiger partial charge in [-0.05, 0) is 74.2 Å². The van der Waals surface area contributed by atoms with Crippen molar-refractivity contribution in [3.63, 3.8) is 0 Å². The van der Waals surface area contributed by atoms with Gasteiger partial charge in [-0.15, -0.1) is 0 Å². The molecule has 2 saturated heterocycles. The molecular weight excluding hydrogens is 408 g/mol. The minimum Gasteiger partial charge on any atom is -0.508 e. The molecule has 32 heavy (non-hydrogen) atoms. The van der Waals surface area contributed by atoms with E-state index in [1.54, 1.807) is 18.3 Å². The summed E-state index contributed by atoms with van der Waals surface area (Å²) in [5.41, 5.74) is 3.46. The van der Waals surface area contributed by atoms with Gasteiger partial charge in [0.2, 0.25) is 0 Å². The number of fused-ring (bicyclic) bond motifs is 1. The van der Waals surface area contributed by atoms with Gasteiger partial charge in [-0.25, -0.2) is 0 Å². The monoisotopic (exact) mass is 436 g/mol. The summed E-state index contributed by atoms with van der Waals surface area (Å²) in [4.78, 5) is 26.5. The molecule has 8 heteroatoms. The number of likely N-dealkylation sites (tertiary alicyclic amines) is 2. The SMILES string of the molecule is O=C(c1cc(-c2ccc(O)cc2)cc2[nH]ncc12)N1CCC[C@H]1CN1CCCC1.O=CO. The molecule has 5 rings (SSSR count). The number of rotatable bonds is 4. The van der Waals surface area contributed by atoms with Gasteiger partial charge in [0, 0.05) is 24.5 Å². The van der Waals surface area contributed by atoms with Gasteiger partial charge in [-0.3, -0.25) is 14.7 Å². The fraction of sp³-hybridized carbons (Fsp3) is 0.375. The molecule has 2 fully saturated rings. The molecular formula is C24H28N4O4. The van der Waals surface area contributed by atoms with Gasteiger partial charge in [0.25, 0.3) is 12.4 Å². The van der Waals surface area contributed by atoms with Gasteiger partial charge >= 0.3 is 0 Å². The summed E-state index contributed by atoms with van der Waals surface area (Å²) in [6.45, 7) is 3.86. The van der Waals surface area contributed by atoms with Crippen LogP contribution in [0.15, 0.2) is 42.6 Å². The standard InChI is InChI=1S/C23H26N4O2.CH2O2/c28-19-7-5-16(6-8-19)17-12-20(21-14-24-25-22(21)13-17)23(29)27-11-3-4-18(27)15-26-9-1-2-10-26;2-1-3/h5-8,12-14,18,28H,1-4,9-11,15H2,(H,24,25);1H,(H,2,3)/t18-;/m0./s1. The third kappa shape index (κ3) is 4.60. The van der Waals surface area contributed by atoms with Crippen LogP contribution in [-0.2, 0) is 4.79 Å². The number of carbonyl (C=O) groups is 2. The lowest BCUT2D eigenvalue weighted by atomic mass is 9.99. The van der Waals surface area contributed by atoms with E-state index in [2.05, 4.69) is 20.0 Å². The molecule has 0 radical (unpaired) electrons. The minimum absolute atomic E-state index is 0.0960. The molecule has 0 unspecified atom stereocenters. The highest BCUT2D eigenvalue weighted by atomic mass is 16.3. The van der Waals surface area contributed by atoms with Crippen LogP contribution in [0.25, 0.3) is 22.0 Å². The second-order valence-corrected chi connectivity index (χ2v) is 8.31. The molecule has 0 aliphatic carbocycles. The average Bonchev–Trinajstić information content (AvgIpc) is 3.56. The average molecular weight is 437 g/mol. The zero-order chi connectivity index (χ0) is 22.5. The number of phenols is 1. The van der Waals surface area contributed by atoms with E-state index in [0.29, 0.717) is 11.6 Å². The van der Waals surface area contributed by atoms with Crippen LogP contribution in [0.4, 0.5) is 0 Å². The fourth-order valence-electron chi connectivity index (χ4n) is 4.76. The summed E-state index contributed by atoms with van der Waals surface area (Å²) >= 11 is 0. The van der Waals surface area contributed by atoms with Gasteiger partial charge in [0.15, 0.2) is 0 Å². The maximum absolute atomic E-state index is 13.6. The van der Waals surface area contributed by atoms with E-state index in [0.717, 1.165) is 61.1 Å². The fourth-order valence-corrected chi connectivity index (χ4v) is 4.76. The Morgan fingerprint density at radius 2 is 1.81 bits per heavy atom. The molecule has 0 saturated carbocycles. The van der Waals surface area contributed by atoms with E-state index < -0.39 is 0 Å². The smallest absolute Gasteiger partial charge is 0.290 e. The molecule has 1 amide bonds. The van der Waals surface area contributed by atoms with Crippen LogP contribution in [-0.4, -0.2) is 74.8 Å². The summed E-state index contributed by atoms with van der Waals surface area (Å²) < 4.78 is 0. The molecule has 1 aromatic heterocycles. The Bertz CT molecular complexity index is 1070. The predicted molar refractivity (Wildman–Crippen MR) is 122 cm³/mol. The lowest BCUT2D eigenvalue weighted by Gasteiger charge is -2.29. The number of aromatic nitrogens is 2. The van der Waals surface area contributed by atoms with E-state index in [1.807, 2.05) is 24.3 Å². The van der Waals surface area contributed by atoms with E-state index >= 15 is 0 Å². The summed E-state index contributed by atoms with van der Waals surface area (Å²) in [6, 6.07) is 11.3. The molecule has 8 nitrogen and oxygen atoms in total. The molecule has 168 valence electrons. The number of benzene rings is 2. The van der Waals surface area contributed by atoms with Crippen LogP contribution < -0.4 is 0 Å². The van der Waals surface area contributed by atoms with Crippen LogP contribution in [0, 0.1) is 0 Å². The largest absolute Gasteiger partial charge is 0.508 e. The van der Waals surface area contributed by atoms with Crippen molar-refractivity contribution in [3.8, 4) is 16.9 Å². The molecule has 3 aromatic rings. The van der Waals surface area contributed by atoms with E-state index in [9.17, 15) is 9.90 Å². The molecule has 2 aromatic carbocycles. The number of H-pyrrole nitrogens is 1. The Labute approximate surface area is 186 Å². The normalized spacial score (nSPS) is 18.5. The van der Waals surface area contributed by atoms with Crippen molar-refractivity contribution in [1.82, 2.24) is 20.0 Å². The molecule has 3 N–H and O–H groups in total. The Balaban J connectivity index is 0.000000775. The van der Waals surface area contributed by atoms with E-state index in [-0.39, 0.29) is 18.1 Å². The molecule has 1 atom stereocenters. The van der Waals surface area contributed by atoms with Crippen LogP contribution in [0.2, 0.25) is 0 Å². The molecule has 2 aliphatic heterocycles. The van der Waals surface area contributed by atoms with Crippen LogP contribution in [0.5, 0.6) is 5.75 Å². The number of carbonyl (C=O) groups excluding carboxylic acids is 1. The number of aromatic amines is 1. The van der Waals surface area contributed by atoms with E-state index in [4.69, 9.17) is 9.90 Å². The summed E-state index contributed by atoms with van der Waals surface area (Å²) in [6.07, 6.45) is 6.43. The molecule has 2 aliphatic rings. The Morgan fingerprint density at radius 1 is 1.09 bits per heavy atom. The van der Waals surface area contributed by atoms with Crippen molar-refractivity contribution in [2.24, 2.45) is 0 Å². The van der Waals surface area contributed by atoms with Gasteiger partial charge in [-0.1, -0.05) is 12.1 Å². The maximum atomic E-state index is 13.6. The Kier molecular flexibility index (Phi) is 6.70. The second kappa shape index (κ2) is 9.82. The minimum atomic E-state index is -0.250. The van der Waals surface area contributed by atoms with Crippen molar-refractivity contribution in [2.75, 3.05) is 26.2 Å². The number of aromatic hydroxyl groups is 1. The third-order valence-electron chi connectivity index (χ3n) is 6.30. The summed E-state index contributed by atoms with van der Waals surface area (Å²) in [5, 5.41) is 24.5. The Morgan fingerprint density at radius 3 is 2.53 bits per heavy atom. The maximum Gasteiger partial charge on any atom is 0.290 e. The van der Waals surface area contributed by atoms with Gasteiger partial charge < -0.3 is 20.0 Å². The Hall–Kier alpha value is -3.39. The van der Waals surface area contributed by atoms with Gasteiger partial charge in [-0.2, -0.15) is 5.10 Å². The molecule has 3 heterocycles. The first kappa shape index (κ1) is 21.8. The zero-order valence-corrected chi connectivity index (χ0v) is 17.9. The van der Waals surface area contributed by atoms with Gasteiger partial charge in [0.1, 0.15) is 5.75 Å². The summed E-state index contributed by atoms with van der Waals surface area (Å²) in [7, 11) is 0. The lowest BCUT2D eigenvalue weighted by molar-refractivity contribution is -0.122. The first-order valence-electron chi connectivity index (χ1n) is 11.0. The van der Waals surface area contributed by atoms with Crippen molar-refractivity contribution in [3.05, 3.63) is 48.2 Å². The van der Waals surface area contributed by atoms with Crippen molar-refractivity contribution < 1.29 is 19.8 Å². The quantitative estimate of drug-likeness (QED) is 0.541. The van der Waals surface area contributed by atoms with Crippen molar-refractivity contribution in [2.45, 2.75) is 31.7 Å². The van der Waals surface area contributed by atoms with Crippen LogP contribution in [0.1, 0.15) is 36.0 Å². The highest BCUT2D eigenvalue weighted by Crippen LogP contribution is 2.30. The third-order valence-corrected chi connectivity index (χ3v) is 6.30. The number of nitrogens with one attached hydrogen (secondary N) is 1. The molecule has 0 spiro atoms. The van der Waals surface area contributed by atoms with Crippen LogP contribution in [0.3, 0.4) is 0 Å². The van der Waals surface area contributed by atoms with Gasteiger partial charge in [0.05, 0.1) is 17.3 Å². The number of hydrogen-bond acceptors (Lipinski definition) is 5. The van der Waals surface area contributed by atoms with Crippen LogP contribution >= 0.6 is 0 Å². The molecule has 0 bridgehead atoms. The summed E-state index contributed by atoms with van der Waals surface area (Å²) in [5.74, 6) is 0.327. The first-order chi connectivity index (χ1) is 15.6. The second-order valence-electron chi connectivity index (χ2n) is 8.31. The number of carboxylic acid groups (broad SMARTS) is 1. The number of hydrogen-bond donors (Lipinski definition) is 3. The van der Waals surface area contributed by atoms with Crippen molar-refractivity contribution in [1.29, 1.82) is 0 Å². The zero-order valence-electron chi connectivity index (χ0n) is 17.9. The number of nitrogens with zero attached hydrogens (tertiary/aromatic N) is 3. The number of amides is 1. The van der Waals surface area contributed by atoms with Crippen molar-refractivity contribution >= 4 is 23.3 Å². The lowest BCUT2D eigenvalue weighted by Crippen LogP contribution is -2.42. The topological polar surface area (TPSA) is 110 Å². The highest BCUT2D eigenvalue weighted by molar-refractivity contribution is 6.08. The first-order valence-corrected chi connectivity index (χ1v) is 11.0. The number of phenolic OH excluding ortho intramolecular Hbond substituents is 1. The van der Waals surface area contributed by atoms with E-state index in [1.165, 1.54) is 12.8 Å². The highest BCUT2D eigenvalue weighted by Gasteiger charge is 2.32.